The molecule has 0 spiro atoms. The summed E-state index contributed by atoms with van der Waals surface area (Å²) in [6.45, 7) is 3.49. The van der Waals surface area contributed by atoms with Crippen LogP contribution in [0.15, 0.2) is 48.5 Å². The van der Waals surface area contributed by atoms with Crippen LogP contribution >= 0.6 is 0 Å². The van der Waals surface area contributed by atoms with Crippen molar-refractivity contribution in [2.45, 2.75) is 26.2 Å². The Balaban J connectivity index is 1.29. The average Bonchev–Trinajstić information content (AvgIpc) is 3.21. The summed E-state index contributed by atoms with van der Waals surface area (Å²) in [4.78, 5) is 41.7. The minimum absolute atomic E-state index is 0.0130. The van der Waals surface area contributed by atoms with Crippen LogP contribution in [0.3, 0.4) is 0 Å². The highest BCUT2D eigenvalue weighted by Crippen LogP contribution is 2.28. The number of piperidine rings is 1. The SMILES string of the molecule is COc1ccc(NC(=O)C2CCN(C(=O)C3CC(=O)N(c4ccc(C)cc4)C3)CC2)cc1. The van der Waals surface area contributed by atoms with E-state index < -0.39 is 0 Å². The molecule has 0 aromatic heterocycles. The zero-order chi connectivity index (χ0) is 22.7. The maximum Gasteiger partial charge on any atom is 0.228 e. The van der Waals surface area contributed by atoms with E-state index in [0.717, 1.165) is 22.7 Å². The van der Waals surface area contributed by atoms with Gasteiger partial charge in [0.2, 0.25) is 17.7 Å². The number of carbonyl (C=O) groups is 3. The number of hydrogen-bond donors (Lipinski definition) is 1. The van der Waals surface area contributed by atoms with Gasteiger partial charge >= 0.3 is 0 Å². The molecule has 32 heavy (non-hydrogen) atoms. The maximum atomic E-state index is 13.0. The van der Waals surface area contributed by atoms with Crippen LogP contribution in [0.2, 0.25) is 0 Å². The third-order valence-electron chi connectivity index (χ3n) is 6.35. The Hall–Kier alpha value is -3.35. The van der Waals surface area contributed by atoms with Crippen LogP contribution < -0.4 is 15.0 Å². The van der Waals surface area contributed by atoms with Gasteiger partial charge in [-0.3, -0.25) is 14.4 Å². The molecule has 1 N–H and O–H groups in total. The molecule has 0 bridgehead atoms. The van der Waals surface area contributed by atoms with Gasteiger partial charge in [-0.15, -0.1) is 0 Å². The summed E-state index contributed by atoms with van der Waals surface area (Å²) in [7, 11) is 1.60. The third kappa shape index (κ3) is 4.77. The summed E-state index contributed by atoms with van der Waals surface area (Å²) < 4.78 is 5.14. The molecular formula is C25H29N3O4. The molecule has 2 saturated heterocycles. The van der Waals surface area contributed by atoms with Gasteiger partial charge in [-0.2, -0.15) is 0 Å². The molecule has 7 nitrogen and oxygen atoms in total. The minimum atomic E-state index is -0.325. The molecular weight excluding hydrogens is 406 g/mol. The lowest BCUT2D eigenvalue weighted by molar-refractivity contribution is -0.138. The standard InChI is InChI=1S/C25H29N3O4/c1-17-3-7-21(8-4-17)28-16-19(15-23(28)29)25(31)27-13-11-18(12-14-27)24(30)26-20-5-9-22(32-2)10-6-20/h3-10,18-19H,11-16H2,1-2H3,(H,26,30). The summed E-state index contributed by atoms with van der Waals surface area (Å²) in [5, 5.41) is 2.95. The van der Waals surface area contributed by atoms with Crippen molar-refractivity contribution in [3.63, 3.8) is 0 Å². The number of amides is 3. The van der Waals surface area contributed by atoms with E-state index in [4.69, 9.17) is 4.74 Å². The van der Waals surface area contributed by atoms with Gasteiger partial charge in [0.05, 0.1) is 13.0 Å². The molecule has 2 aliphatic heterocycles. The number of methoxy groups -OCH3 is 1. The van der Waals surface area contributed by atoms with E-state index >= 15 is 0 Å². The molecule has 4 rings (SSSR count). The quantitative estimate of drug-likeness (QED) is 0.782. The number of aryl methyl sites for hydroxylation is 1. The molecule has 2 aromatic carbocycles. The van der Waals surface area contributed by atoms with Crippen molar-refractivity contribution < 1.29 is 19.1 Å². The van der Waals surface area contributed by atoms with Crippen molar-refractivity contribution in [2.24, 2.45) is 11.8 Å². The Kier molecular flexibility index (Phi) is 6.44. The highest BCUT2D eigenvalue weighted by atomic mass is 16.5. The Morgan fingerprint density at radius 1 is 0.969 bits per heavy atom. The predicted molar refractivity (Wildman–Crippen MR) is 123 cm³/mol. The number of anilines is 2. The van der Waals surface area contributed by atoms with Crippen LogP contribution in [0, 0.1) is 18.8 Å². The van der Waals surface area contributed by atoms with Gasteiger partial charge in [-0.25, -0.2) is 0 Å². The van der Waals surface area contributed by atoms with Crippen LogP contribution in [0.4, 0.5) is 11.4 Å². The number of carbonyl (C=O) groups excluding carboxylic acids is 3. The fraction of sp³-hybridized carbons (Fsp3) is 0.400. The first-order valence-corrected chi connectivity index (χ1v) is 11.1. The smallest absolute Gasteiger partial charge is 0.228 e. The fourth-order valence-electron chi connectivity index (χ4n) is 4.39. The minimum Gasteiger partial charge on any atom is -0.497 e. The van der Waals surface area contributed by atoms with Gasteiger partial charge in [0.1, 0.15) is 5.75 Å². The van der Waals surface area contributed by atoms with E-state index in [1.807, 2.05) is 48.2 Å². The average molecular weight is 436 g/mol. The van der Waals surface area contributed by atoms with Crippen LogP contribution in [-0.2, 0) is 14.4 Å². The van der Waals surface area contributed by atoms with Crippen molar-refractivity contribution in [2.75, 3.05) is 37.0 Å². The van der Waals surface area contributed by atoms with Crippen molar-refractivity contribution in [3.05, 3.63) is 54.1 Å². The molecule has 7 heteroatoms. The lowest BCUT2D eigenvalue weighted by Gasteiger charge is -2.33. The first kappa shape index (κ1) is 21.9. The lowest BCUT2D eigenvalue weighted by Crippen LogP contribution is -2.44. The van der Waals surface area contributed by atoms with Gasteiger partial charge in [0, 0.05) is 43.3 Å². The Labute approximate surface area is 188 Å². The van der Waals surface area contributed by atoms with E-state index in [1.165, 1.54) is 0 Å². The van der Waals surface area contributed by atoms with E-state index in [-0.39, 0.29) is 36.0 Å². The fourth-order valence-corrected chi connectivity index (χ4v) is 4.39. The number of ether oxygens (including phenoxy) is 1. The Bertz CT molecular complexity index is 979. The second kappa shape index (κ2) is 9.42. The first-order chi connectivity index (χ1) is 15.4. The van der Waals surface area contributed by atoms with Crippen molar-refractivity contribution >= 4 is 29.1 Å². The largest absolute Gasteiger partial charge is 0.497 e. The van der Waals surface area contributed by atoms with Crippen LogP contribution in [0.1, 0.15) is 24.8 Å². The van der Waals surface area contributed by atoms with Crippen LogP contribution in [0.5, 0.6) is 5.75 Å². The number of rotatable bonds is 5. The Morgan fingerprint density at radius 3 is 2.25 bits per heavy atom. The van der Waals surface area contributed by atoms with Gasteiger partial charge in [-0.1, -0.05) is 17.7 Å². The molecule has 2 aliphatic rings. The summed E-state index contributed by atoms with van der Waals surface area (Å²) in [5.41, 5.74) is 2.70. The van der Waals surface area contributed by atoms with Crippen molar-refractivity contribution in [3.8, 4) is 5.75 Å². The zero-order valence-electron chi connectivity index (χ0n) is 18.5. The summed E-state index contributed by atoms with van der Waals surface area (Å²) in [6.07, 6.45) is 1.48. The molecule has 0 saturated carbocycles. The molecule has 1 atom stereocenters. The number of nitrogens with zero attached hydrogens (tertiary/aromatic N) is 2. The van der Waals surface area contributed by atoms with Gasteiger partial charge in [0.25, 0.3) is 0 Å². The first-order valence-electron chi connectivity index (χ1n) is 11.1. The van der Waals surface area contributed by atoms with E-state index in [1.54, 1.807) is 24.1 Å². The maximum absolute atomic E-state index is 13.0. The van der Waals surface area contributed by atoms with Crippen LogP contribution in [0.25, 0.3) is 0 Å². The number of hydrogen-bond acceptors (Lipinski definition) is 4. The lowest BCUT2D eigenvalue weighted by atomic mass is 9.94. The van der Waals surface area contributed by atoms with E-state index in [9.17, 15) is 14.4 Å². The summed E-state index contributed by atoms with van der Waals surface area (Å²) in [6, 6.07) is 15.0. The van der Waals surface area contributed by atoms with Gasteiger partial charge < -0.3 is 19.9 Å². The van der Waals surface area contributed by atoms with Gasteiger partial charge in [0.15, 0.2) is 0 Å². The molecule has 3 amide bonds. The molecule has 0 aliphatic carbocycles. The topological polar surface area (TPSA) is 79.0 Å². The molecule has 2 heterocycles. The zero-order valence-corrected chi connectivity index (χ0v) is 18.5. The number of likely N-dealkylation sites (tertiary alicyclic amines) is 1. The molecule has 2 fully saturated rings. The Morgan fingerprint density at radius 2 is 1.62 bits per heavy atom. The van der Waals surface area contributed by atoms with Crippen LogP contribution in [-0.4, -0.2) is 49.4 Å². The molecule has 1 unspecified atom stereocenters. The van der Waals surface area contributed by atoms with Crippen molar-refractivity contribution in [1.29, 1.82) is 0 Å². The van der Waals surface area contributed by atoms with E-state index in [0.29, 0.717) is 32.5 Å². The monoisotopic (exact) mass is 435 g/mol. The molecule has 2 aromatic rings. The summed E-state index contributed by atoms with van der Waals surface area (Å²) in [5.74, 6) is 0.261. The predicted octanol–water partition coefficient (Wildman–Crippen LogP) is 3.23. The highest BCUT2D eigenvalue weighted by molar-refractivity contribution is 6.00. The third-order valence-corrected chi connectivity index (χ3v) is 6.35. The second-order valence-electron chi connectivity index (χ2n) is 8.56. The normalized spacial score (nSPS) is 19.2. The second-order valence-corrected chi connectivity index (χ2v) is 8.56. The van der Waals surface area contributed by atoms with Gasteiger partial charge in [-0.05, 0) is 56.2 Å². The number of benzene rings is 2. The molecule has 0 radical (unpaired) electrons. The molecule has 168 valence electrons. The number of nitrogens with one attached hydrogen (secondary N) is 1. The summed E-state index contributed by atoms with van der Waals surface area (Å²) >= 11 is 0. The van der Waals surface area contributed by atoms with E-state index in [2.05, 4.69) is 5.32 Å². The van der Waals surface area contributed by atoms with Crippen molar-refractivity contribution in [1.82, 2.24) is 4.90 Å². The highest BCUT2D eigenvalue weighted by Gasteiger charge is 2.38.